The third kappa shape index (κ3) is 4.62. The van der Waals surface area contributed by atoms with Crippen LogP contribution in [0.4, 0.5) is 0 Å². The van der Waals surface area contributed by atoms with Crippen molar-refractivity contribution >= 4 is 5.97 Å². The predicted molar refractivity (Wildman–Crippen MR) is 71.8 cm³/mol. The molecule has 0 N–H and O–H groups in total. The lowest BCUT2D eigenvalue weighted by Crippen LogP contribution is -2.12. The van der Waals surface area contributed by atoms with Crippen molar-refractivity contribution in [3.63, 3.8) is 0 Å². The number of esters is 1. The number of ether oxygens (including phenoxy) is 2. The van der Waals surface area contributed by atoms with Crippen molar-refractivity contribution in [2.75, 3.05) is 13.2 Å². The normalized spacial score (nSPS) is 10.8. The third-order valence-corrected chi connectivity index (χ3v) is 2.46. The Kier molecular flexibility index (Phi) is 4.95. The molecule has 0 saturated carbocycles. The van der Waals surface area contributed by atoms with Crippen LogP contribution in [0.2, 0.25) is 0 Å². The molecule has 18 heavy (non-hydrogen) atoms. The van der Waals surface area contributed by atoms with E-state index in [9.17, 15) is 4.79 Å². The van der Waals surface area contributed by atoms with Crippen molar-refractivity contribution < 1.29 is 14.3 Å². The van der Waals surface area contributed by atoms with Crippen LogP contribution in [0.5, 0.6) is 5.75 Å². The van der Waals surface area contributed by atoms with Crippen molar-refractivity contribution in [2.45, 2.75) is 26.2 Å². The Morgan fingerprint density at radius 1 is 1.33 bits per heavy atom. The molecular weight excluding hydrogens is 228 g/mol. The average molecular weight is 248 g/mol. The third-order valence-electron chi connectivity index (χ3n) is 2.46. The van der Waals surface area contributed by atoms with Gasteiger partial charge in [0, 0.05) is 6.08 Å². The van der Waals surface area contributed by atoms with Crippen LogP contribution in [0.1, 0.15) is 26.3 Å². The van der Waals surface area contributed by atoms with E-state index in [1.54, 1.807) is 0 Å². The summed E-state index contributed by atoms with van der Waals surface area (Å²) in [4.78, 5) is 10.8. The molecule has 98 valence electrons. The number of carbonyl (C=O) groups excluding carboxylic acids is 1. The summed E-state index contributed by atoms with van der Waals surface area (Å²) in [5.74, 6) is 0.360. The topological polar surface area (TPSA) is 35.5 Å². The fourth-order valence-electron chi connectivity index (χ4n) is 1.41. The lowest BCUT2D eigenvalue weighted by Gasteiger charge is -2.19. The zero-order valence-electron chi connectivity index (χ0n) is 11.2. The molecular formula is C15H20O3. The van der Waals surface area contributed by atoms with Gasteiger partial charge in [0.05, 0.1) is 0 Å². The van der Waals surface area contributed by atoms with Gasteiger partial charge in [0.25, 0.3) is 0 Å². The standard InChI is InChI=1S/C15H20O3/c1-5-14(16)18-10-9-17-13-8-6-7-12(11-13)15(2,3)4/h5-8,11H,1,9-10H2,2-4H3. The Bertz CT molecular complexity index is 416. The molecule has 0 aliphatic heterocycles. The summed E-state index contributed by atoms with van der Waals surface area (Å²) in [6.45, 7) is 10.3. The maximum Gasteiger partial charge on any atom is 0.330 e. The second kappa shape index (κ2) is 6.24. The molecule has 0 aromatic heterocycles. The predicted octanol–water partition coefficient (Wildman–Crippen LogP) is 3.09. The first-order valence-corrected chi connectivity index (χ1v) is 5.96. The molecule has 0 aliphatic rings. The van der Waals surface area contributed by atoms with E-state index >= 15 is 0 Å². The van der Waals surface area contributed by atoms with Crippen molar-refractivity contribution in [2.24, 2.45) is 0 Å². The highest BCUT2D eigenvalue weighted by molar-refractivity contribution is 5.81. The van der Waals surface area contributed by atoms with Crippen LogP contribution in [-0.4, -0.2) is 19.2 Å². The Morgan fingerprint density at radius 2 is 2.06 bits per heavy atom. The number of hydrogen-bond acceptors (Lipinski definition) is 3. The largest absolute Gasteiger partial charge is 0.490 e. The molecule has 0 unspecified atom stereocenters. The van der Waals surface area contributed by atoms with Gasteiger partial charge in [-0.05, 0) is 23.1 Å². The van der Waals surface area contributed by atoms with Crippen molar-refractivity contribution in [3.8, 4) is 5.75 Å². The highest BCUT2D eigenvalue weighted by Gasteiger charge is 2.13. The molecule has 0 radical (unpaired) electrons. The molecule has 3 heteroatoms. The SMILES string of the molecule is C=CC(=O)OCCOc1cccc(C(C)(C)C)c1. The first-order valence-electron chi connectivity index (χ1n) is 5.96. The van der Waals surface area contributed by atoms with Crippen LogP contribution in [0.15, 0.2) is 36.9 Å². The van der Waals surface area contributed by atoms with E-state index in [-0.39, 0.29) is 12.0 Å². The number of benzene rings is 1. The minimum atomic E-state index is -0.429. The van der Waals surface area contributed by atoms with Gasteiger partial charge in [0.2, 0.25) is 0 Å². The smallest absolute Gasteiger partial charge is 0.330 e. The summed E-state index contributed by atoms with van der Waals surface area (Å²) in [5.41, 5.74) is 1.30. The minimum Gasteiger partial charge on any atom is -0.490 e. The van der Waals surface area contributed by atoms with Crippen LogP contribution < -0.4 is 4.74 Å². The summed E-state index contributed by atoms with van der Waals surface area (Å²) in [6.07, 6.45) is 1.14. The van der Waals surface area contributed by atoms with Gasteiger partial charge >= 0.3 is 5.97 Å². The molecule has 0 aliphatic carbocycles. The van der Waals surface area contributed by atoms with E-state index in [1.807, 2.05) is 18.2 Å². The molecule has 3 nitrogen and oxygen atoms in total. The first kappa shape index (κ1) is 14.3. The number of hydrogen-bond donors (Lipinski definition) is 0. The molecule has 0 bridgehead atoms. The second-order valence-electron chi connectivity index (χ2n) is 5.00. The number of rotatable bonds is 5. The summed E-state index contributed by atoms with van der Waals surface area (Å²) in [7, 11) is 0. The van der Waals surface area contributed by atoms with E-state index in [0.717, 1.165) is 11.8 Å². The lowest BCUT2D eigenvalue weighted by molar-refractivity contribution is -0.138. The summed E-state index contributed by atoms with van der Waals surface area (Å²) in [6, 6.07) is 7.94. The maximum atomic E-state index is 10.8. The first-order chi connectivity index (χ1) is 8.43. The average Bonchev–Trinajstić information content (AvgIpc) is 2.33. The van der Waals surface area contributed by atoms with E-state index in [4.69, 9.17) is 9.47 Å². The van der Waals surface area contributed by atoms with Gasteiger partial charge < -0.3 is 9.47 Å². The van der Waals surface area contributed by atoms with Gasteiger partial charge in [-0.15, -0.1) is 0 Å². The van der Waals surface area contributed by atoms with E-state index in [0.29, 0.717) is 6.61 Å². The Balaban J connectivity index is 2.48. The highest BCUT2D eigenvalue weighted by atomic mass is 16.6. The van der Waals surface area contributed by atoms with Crippen LogP contribution in [-0.2, 0) is 14.9 Å². The van der Waals surface area contributed by atoms with Crippen LogP contribution in [0, 0.1) is 0 Å². The molecule has 0 amide bonds. The van der Waals surface area contributed by atoms with Crippen LogP contribution in [0.3, 0.4) is 0 Å². The van der Waals surface area contributed by atoms with Gasteiger partial charge in [-0.25, -0.2) is 4.79 Å². The van der Waals surface area contributed by atoms with E-state index < -0.39 is 5.97 Å². The summed E-state index contributed by atoms with van der Waals surface area (Å²) in [5, 5.41) is 0. The number of carbonyl (C=O) groups is 1. The van der Waals surface area contributed by atoms with Crippen LogP contribution >= 0.6 is 0 Å². The summed E-state index contributed by atoms with van der Waals surface area (Å²) < 4.78 is 10.4. The Labute approximate surface area is 108 Å². The maximum absolute atomic E-state index is 10.8. The molecule has 1 aromatic carbocycles. The monoisotopic (exact) mass is 248 g/mol. The lowest BCUT2D eigenvalue weighted by atomic mass is 9.87. The zero-order chi connectivity index (χ0) is 13.6. The van der Waals surface area contributed by atoms with E-state index in [1.165, 1.54) is 5.56 Å². The molecule has 1 aromatic rings. The molecule has 0 heterocycles. The molecule has 0 spiro atoms. The molecule has 1 rings (SSSR count). The van der Waals surface area contributed by atoms with Gasteiger partial charge in [0.15, 0.2) is 0 Å². The molecule has 0 atom stereocenters. The minimum absolute atomic E-state index is 0.0919. The fraction of sp³-hybridized carbons (Fsp3) is 0.400. The molecule has 0 saturated heterocycles. The fourth-order valence-corrected chi connectivity index (χ4v) is 1.41. The van der Waals surface area contributed by atoms with E-state index in [2.05, 4.69) is 33.4 Å². The zero-order valence-corrected chi connectivity index (χ0v) is 11.2. The van der Waals surface area contributed by atoms with Gasteiger partial charge in [-0.1, -0.05) is 39.5 Å². The second-order valence-corrected chi connectivity index (χ2v) is 5.00. The van der Waals surface area contributed by atoms with Gasteiger partial charge in [-0.2, -0.15) is 0 Å². The quantitative estimate of drug-likeness (QED) is 0.456. The van der Waals surface area contributed by atoms with Crippen molar-refractivity contribution in [1.82, 2.24) is 0 Å². The molecule has 0 fully saturated rings. The highest BCUT2D eigenvalue weighted by Crippen LogP contribution is 2.25. The van der Waals surface area contributed by atoms with Gasteiger partial charge in [0.1, 0.15) is 19.0 Å². The van der Waals surface area contributed by atoms with Crippen LogP contribution in [0.25, 0.3) is 0 Å². The Hall–Kier alpha value is -1.77. The van der Waals surface area contributed by atoms with Crippen molar-refractivity contribution in [1.29, 1.82) is 0 Å². The van der Waals surface area contributed by atoms with Crippen molar-refractivity contribution in [3.05, 3.63) is 42.5 Å². The van der Waals surface area contributed by atoms with Gasteiger partial charge in [-0.3, -0.25) is 0 Å². The Morgan fingerprint density at radius 3 is 2.67 bits per heavy atom. The summed E-state index contributed by atoms with van der Waals surface area (Å²) >= 11 is 0.